The first-order valence-corrected chi connectivity index (χ1v) is 9.04. The molecule has 0 atom stereocenters. The molecule has 0 radical (unpaired) electrons. The molecular formula is C18H17ClF2N5O4+. The number of nitrogens with two attached hydrogens (primary N) is 1. The van der Waals surface area contributed by atoms with E-state index in [1.165, 1.54) is 6.07 Å². The second-order valence-corrected chi connectivity index (χ2v) is 6.55. The molecule has 12 heteroatoms. The van der Waals surface area contributed by atoms with Crippen LogP contribution in [0.25, 0.3) is 11.0 Å². The average Bonchev–Trinajstić information content (AvgIpc) is 2.69. The Morgan fingerprint density at radius 3 is 2.70 bits per heavy atom. The third-order valence-corrected chi connectivity index (χ3v) is 4.22. The van der Waals surface area contributed by atoms with Crippen molar-refractivity contribution in [2.45, 2.75) is 6.42 Å². The fraction of sp³-hybridized carbons (Fsp3) is 0.167. The first-order valence-electron chi connectivity index (χ1n) is 8.67. The third kappa shape index (κ3) is 4.58. The number of hydrogen-bond donors (Lipinski definition) is 4. The van der Waals surface area contributed by atoms with Gasteiger partial charge < -0.3 is 21.0 Å². The summed E-state index contributed by atoms with van der Waals surface area (Å²) in [6, 6.07) is 4.97. The summed E-state index contributed by atoms with van der Waals surface area (Å²) in [7, 11) is 0. The number of carbonyl (C=O) groups excluding carboxylic acids is 1. The van der Waals surface area contributed by atoms with Crippen LogP contribution in [0.3, 0.4) is 0 Å². The molecular weight excluding hydrogens is 424 g/mol. The molecule has 0 aliphatic heterocycles. The van der Waals surface area contributed by atoms with E-state index in [0.717, 1.165) is 6.20 Å². The average molecular weight is 441 g/mol. The van der Waals surface area contributed by atoms with Crippen LogP contribution in [-0.2, 0) is 0 Å². The molecule has 3 aromatic rings. The fourth-order valence-electron chi connectivity index (χ4n) is 2.58. The van der Waals surface area contributed by atoms with Gasteiger partial charge in [-0.05, 0) is 31.2 Å². The number of ether oxygens (including phenoxy) is 1. The van der Waals surface area contributed by atoms with E-state index in [0.29, 0.717) is 47.2 Å². The van der Waals surface area contributed by atoms with Gasteiger partial charge in [0.25, 0.3) is 11.7 Å². The molecule has 0 bridgehead atoms. The number of anilines is 2. The van der Waals surface area contributed by atoms with Crippen LogP contribution in [0.5, 0.6) is 5.75 Å². The van der Waals surface area contributed by atoms with Crippen molar-refractivity contribution in [2.75, 3.05) is 23.8 Å². The molecule has 0 fully saturated rings. The molecule has 2 amide bonds. The molecule has 1 heterocycles. The molecule has 30 heavy (non-hydrogen) atoms. The summed E-state index contributed by atoms with van der Waals surface area (Å²) < 4.78 is 32.9. The summed E-state index contributed by atoms with van der Waals surface area (Å²) in [5.41, 5.74) is 4.96. The number of aromatic nitrogens is 2. The Labute approximate surface area is 173 Å². The Hall–Kier alpha value is -3.44. The number of rotatable bonds is 6. The van der Waals surface area contributed by atoms with Crippen LogP contribution in [0.1, 0.15) is 6.42 Å². The lowest BCUT2D eigenvalue weighted by Gasteiger charge is -2.14. The van der Waals surface area contributed by atoms with Crippen LogP contribution in [-0.4, -0.2) is 29.1 Å². The maximum absolute atomic E-state index is 13.5. The van der Waals surface area contributed by atoms with E-state index in [2.05, 4.69) is 10.6 Å². The molecule has 158 valence electrons. The van der Waals surface area contributed by atoms with Crippen LogP contribution >= 0.6 is 11.6 Å². The number of carbonyl (C=O) groups is 1. The van der Waals surface area contributed by atoms with Crippen molar-refractivity contribution in [1.82, 2.24) is 4.73 Å². The third-order valence-electron chi connectivity index (χ3n) is 3.99. The monoisotopic (exact) mass is 440 g/mol. The first kappa shape index (κ1) is 21.3. The van der Waals surface area contributed by atoms with E-state index in [1.807, 2.05) is 0 Å². The number of urea groups is 1. The molecule has 0 aliphatic rings. The zero-order valence-corrected chi connectivity index (χ0v) is 16.1. The predicted octanol–water partition coefficient (Wildman–Crippen LogP) is 3.10. The Morgan fingerprint density at radius 1 is 1.23 bits per heavy atom. The Balaban J connectivity index is 1.86. The highest BCUT2D eigenvalue weighted by atomic mass is 35.5. The second kappa shape index (κ2) is 8.93. The van der Waals surface area contributed by atoms with E-state index in [4.69, 9.17) is 22.1 Å². The van der Waals surface area contributed by atoms with E-state index in [-0.39, 0.29) is 21.1 Å². The van der Waals surface area contributed by atoms with Gasteiger partial charge in [-0.15, -0.1) is 0 Å². The van der Waals surface area contributed by atoms with E-state index in [9.17, 15) is 23.7 Å². The number of hydrogen-bond acceptors (Lipinski definition) is 5. The minimum absolute atomic E-state index is 0.181. The van der Waals surface area contributed by atoms with Crippen molar-refractivity contribution in [3.63, 3.8) is 0 Å². The minimum atomic E-state index is -1.27. The molecule has 0 saturated heterocycles. The highest BCUT2D eigenvalue weighted by molar-refractivity contribution is 6.31. The maximum Gasteiger partial charge on any atom is 0.325 e. The SMILES string of the molecule is NCCCOc1ccc(Cl)cc1NC(=O)Nc1c[n+](=O)c2cc(F)c(F)cc2n1O. The number of nitrogens with zero attached hydrogens (tertiary/aromatic N) is 2. The topological polar surface area (TPSA) is 125 Å². The molecule has 3 rings (SSSR count). The summed E-state index contributed by atoms with van der Waals surface area (Å²) in [5.74, 6) is -2.60. The van der Waals surface area contributed by atoms with Gasteiger partial charge in [0.1, 0.15) is 5.75 Å². The van der Waals surface area contributed by atoms with Gasteiger partial charge in [0, 0.05) is 16.0 Å². The zero-order chi connectivity index (χ0) is 21.8. The van der Waals surface area contributed by atoms with E-state index in [1.54, 1.807) is 12.1 Å². The number of nitrogens with one attached hydrogen (secondary N) is 2. The molecule has 0 spiro atoms. The van der Waals surface area contributed by atoms with Crippen LogP contribution in [0.4, 0.5) is 25.1 Å². The summed E-state index contributed by atoms with van der Waals surface area (Å²) in [6.45, 7) is 0.739. The Kier molecular flexibility index (Phi) is 6.33. The Morgan fingerprint density at radius 2 is 1.97 bits per heavy atom. The van der Waals surface area contributed by atoms with Gasteiger partial charge >= 0.3 is 6.03 Å². The lowest BCUT2D eigenvalue weighted by Crippen LogP contribution is -2.26. The number of fused-ring (bicyclic) bond motifs is 1. The van der Waals surface area contributed by atoms with Gasteiger partial charge in [0.15, 0.2) is 17.2 Å². The normalized spacial score (nSPS) is 10.8. The van der Waals surface area contributed by atoms with Crippen molar-refractivity contribution < 1.29 is 27.9 Å². The number of halogens is 3. The molecule has 0 unspecified atom stereocenters. The quantitative estimate of drug-likeness (QED) is 0.266. The number of benzene rings is 2. The highest BCUT2D eigenvalue weighted by Crippen LogP contribution is 2.28. The summed E-state index contributed by atoms with van der Waals surface area (Å²) >= 11 is 5.96. The lowest BCUT2D eigenvalue weighted by molar-refractivity contribution is -0.464. The molecule has 1 aromatic heterocycles. The van der Waals surface area contributed by atoms with Gasteiger partial charge in [-0.2, -0.15) is 4.73 Å². The number of amides is 2. The van der Waals surface area contributed by atoms with Gasteiger partial charge in [0.05, 0.1) is 22.8 Å². The molecule has 0 saturated carbocycles. The van der Waals surface area contributed by atoms with Crippen molar-refractivity contribution in [1.29, 1.82) is 0 Å². The van der Waals surface area contributed by atoms with Gasteiger partial charge in [-0.25, -0.2) is 13.6 Å². The largest absolute Gasteiger partial charge is 0.491 e. The Bertz CT molecular complexity index is 1170. The second-order valence-electron chi connectivity index (χ2n) is 6.12. The van der Waals surface area contributed by atoms with Crippen LogP contribution in [0.2, 0.25) is 5.02 Å². The van der Waals surface area contributed by atoms with E-state index >= 15 is 0 Å². The van der Waals surface area contributed by atoms with Crippen LogP contribution in [0.15, 0.2) is 36.5 Å². The molecule has 9 nitrogen and oxygen atoms in total. The molecule has 5 N–H and O–H groups in total. The van der Waals surface area contributed by atoms with Crippen molar-refractivity contribution in [2.24, 2.45) is 5.73 Å². The van der Waals surface area contributed by atoms with Crippen molar-refractivity contribution >= 4 is 40.2 Å². The van der Waals surface area contributed by atoms with Gasteiger partial charge in [-0.1, -0.05) is 11.6 Å². The molecule has 0 aliphatic carbocycles. The standard InChI is InChI=1S/C18H16ClF2N5O4/c19-10-2-3-16(30-5-1-4-22)13(6-10)23-18(27)24-17-9-25(28)14-7-11(20)12(21)8-15(14)26(17)29/h2-3,6-9,29H,1,4-5,22H2,(H-,23,24,27,28)/p+1. The van der Waals surface area contributed by atoms with Crippen LogP contribution < -0.4 is 25.5 Å². The summed E-state index contributed by atoms with van der Waals surface area (Å²) in [6.07, 6.45) is 1.38. The first-order chi connectivity index (χ1) is 14.3. The van der Waals surface area contributed by atoms with Gasteiger partial charge in [-0.3, -0.25) is 5.32 Å². The smallest absolute Gasteiger partial charge is 0.325 e. The summed E-state index contributed by atoms with van der Waals surface area (Å²) in [5, 5.41) is 15.3. The maximum atomic E-state index is 13.5. The molecule has 2 aromatic carbocycles. The highest BCUT2D eigenvalue weighted by Gasteiger charge is 2.21. The van der Waals surface area contributed by atoms with Gasteiger partial charge in [0.2, 0.25) is 5.82 Å². The lowest BCUT2D eigenvalue weighted by atomic mass is 10.3. The van der Waals surface area contributed by atoms with E-state index < -0.39 is 23.5 Å². The predicted molar refractivity (Wildman–Crippen MR) is 106 cm³/mol. The van der Waals surface area contributed by atoms with Crippen molar-refractivity contribution in [3.05, 3.63) is 58.1 Å². The zero-order valence-electron chi connectivity index (χ0n) is 15.4. The van der Waals surface area contributed by atoms with Crippen molar-refractivity contribution in [3.8, 4) is 5.75 Å². The minimum Gasteiger partial charge on any atom is -0.491 e. The summed E-state index contributed by atoms with van der Waals surface area (Å²) in [4.78, 5) is 24.5. The van der Waals surface area contributed by atoms with Crippen LogP contribution in [0, 0.1) is 16.5 Å². The fourth-order valence-corrected chi connectivity index (χ4v) is 2.76.